The molecular weight excluding hydrogens is 272 g/mol. The molecule has 2 rings (SSSR count). The molecule has 1 heterocycles. The van der Waals surface area contributed by atoms with E-state index in [2.05, 4.69) is 20.5 Å². The molecule has 0 aliphatic carbocycles. The van der Waals surface area contributed by atoms with Crippen molar-refractivity contribution in [2.75, 3.05) is 0 Å². The standard InChI is InChI=1S/C14H16N4O3/c1-2-6-10-15-12(18-17-10)13(19)16-11(14(20)21)9-7-4-3-5-8-9/h3-5,7-8,11H,2,6H2,1H3,(H,16,19)(H,20,21)(H,15,17,18). The van der Waals surface area contributed by atoms with Crippen LogP contribution in [0, 0.1) is 0 Å². The van der Waals surface area contributed by atoms with Crippen LogP contribution in [-0.2, 0) is 11.2 Å². The Morgan fingerprint density at radius 2 is 2.05 bits per heavy atom. The van der Waals surface area contributed by atoms with E-state index < -0.39 is 17.9 Å². The van der Waals surface area contributed by atoms with Gasteiger partial charge < -0.3 is 10.4 Å². The van der Waals surface area contributed by atoms with Gasteiger partial charge in [-0.05, 0) is 12.0 Å². The summed E-state index contributed by atoms with van der Waals surface area (Å²) in [6, 6.07) is 7.34. The number of benzene rings is 1. The fourth-order valence-electron chi connectivity index (χ4n) is 1.87. The maximum Gasteiger partial charge on any atom is 0.330 e. The molecule has 7 heteroatoms. The van der Waals surface area contributed by atoms with Gasteiger partial charge in [0.25, 0.3) is 5.91 Å². The SMILES string of the molecule is CCCc1nc(C(=O)NC(C(=O)O)c2ccccc2)n[nH]1. The van der Waals surface area contributed by atoms with Crippen LogP contribution in [0.2, 0.25) is 0 Å². The number of carboxylic acids is 1. The molecule has 21 heavy (non-hydrogen) atoms. The molecule has 110 valence electrons. The van der Waals surface area contributed by atoms with Gasteiger partial charge in [-0.1, -0.05) is 37.3 Å². The summed E-state index contributed by atoms with van der Waals surface area (Å²) in [6.07, 6.45) is 1.55. The molecule has 0 fully saturated rings. The van der Waals surface area contributed by atoms with Crippen LogP contribution in [0.1, 0.15) is 41.4 Å². The Labute approximate surface area is 121 Å². The van der Waals surface area contributed by atoms with E-state index in [0.29, 0.717) is 17.8 Å². The zero-order chi connectivity index (χ0) is 15.2. The van der Waals surface area contributed by atoms with Gasteiger partial charge in [-0.25, -0.2) is 9.78 Å². The summed E-state index contributed by atoms with van der Waals surface area (Å²) in [5.74, 6) is -1.21. The van der Waals surface area contributed by atoms with Crippen molar-refractivity contribution in [3.05, 3.63) is 47.5 Å². The zero-order valence-electron chi connectivity index (χ0n) is 11.5. The number of carbonyl (C=O) groups excluding carboxylic acids is 1. The molecule has 0 saturated heterocycles. The minimum atomic E-state index is -1.14. The number of H-pyrrole nitrogens is 1. The second-order valence-corrected chi connectivity index (χ2v) is 4.51. The molecule has 1 aromatic carbocycles. The minimum Gasteiger partial charge on any atom is -0.479 e. The maximum absolute atomic E-state index is 12.0. The van der Waals surface area contributed by atoms with Crippen LogP contribution in [0.5, 0.6) is 0 Å². The van der Waals surface area contributed by atoms with Crippen LogP contribution in [0.25, 0.3) is 0 Å². The topological polar surface area (TPSA) is 108 Å². The number of rotatable bonds is 6. The average Bonchev–Trinajstić information content (AvgIpc) is 2.94. The molecular formula is C14H16N4O3. The largest absolute Gasteiger partial charge is 0.479 e. The highest BCUT2D eigenvalue weighted by Crippen LogP contribution is 2.13. The average molecular weight is 288 g/mol. The van der Waals surface area contributed by atoms with Crippen molar-refractivity contribution in [3.8, 4) is 0 Å². The Morgan fingerprint density at radius 1 is 1.33 bits per heavy atom. The van der Waals surface area contributed by atoms with Gasteiger partial charge in [0.15, 0.2) is 6.04 Å². The summed E-state index contributed by atoms with van der Waals surface area (Å²) in [7, 11) is 0. The van der Waals surface area contributed by atoms with Gasteiger partial charge in [-0.15, -0.1) is 5.10 Å². The van der Waals surface area contributed by atoms with Gasteiger partial charge in [-0.2, -0.15) is 0 Å². The number of aromatic nitrogens is 3. The second kappa shape index (κ2) is 6.65. The van der Waals surface area contributed by atoms with Crippen molar-refractivity contribution in [2.45, 2.75) is 25.8 Å². The van der Waals surface area contributed by atoms with Crippen LogP contribution < -0.4 is 5.32 Å². The molecule has 0 aliphatic heterocycles. The van der Waals surface area contributed by atoms with Crippen molar-refractivity contribution in [1.29, 1.82) is 0 Å². The molecule has 0 radical (unpaired) electrons. The highest BCUT2D eigenvalue weighted by atomic mass is 16.4. The summed E-state index contributed by atoms with van der Waals surface area (Å²) in [4.78, 5) is 27.4. The molecule has 0 spiro atoms. The third-order valence-electron chi connectivity index (χ3n) is 2.88. The van der Waals surface area contributed by atoms with Gasteiger partial charge in [0.1, 0.15) is 5.82 Å². The second-order valence-electron chi connectivity index (χ2n) is 4.51. The Balaban J connectivity index is 2.13. The monoisotopic (exact) mass is 288 g/mol. The molecule has 0 saturated carbocycles. The lowest BCUT2D eigenvalue weighted by atomic mass is 10.1. The molecule has 0 bridgehead atoms. The summed E-state index contributed by atoms with van der Waals surface area (Å²) in [5.41, 5.74) is 0.489. The summed E-state index contributed by atoms with van der Waals surface area (Å²) < 4.78 is 0. The van der Waals surface area contributed by atoms with Crippen LogP contribution >= 0.6 is 0 Å². The van der Waals surface area contributed by atoms with E-state index in [-0.39, 0.29) is 5.82 Å². The van der Waals surface area contributed by atoms with Crippen LogP contribution in [0.15, 0.2) is 30.3 Å². The first-order valence-corrected chi connectivity index (χ1v) is 6.61. The van der Waals surface area contributed by atoms with Crippen molar-refractivity contribution in [1.82, 2.24) is 20.5 Å². The van der Waals surface area contributed by atoms with Gasteiger partial charge >= 0.3 is 5.97 Å². The highest BCUT2D eigenvalue weighted by molar-refractivity contribution is 5.93. The van der Waals surface area contributed by atoms with Gasteiger partial charge in [0.2, 0.25) is 5.82 Å². The molecule has 1 amide bonds. The third-order valence-corrected chi connectivity index (χ3v) is 2.88. The number of carbonyl (C=O) groups is 2. The lowest BCUT2D eigenvalue weighted by molar-refractivity contribution is -0.139. The third kappa shape index (κ3) is 3.65. The predicted octanol–water partition coefficient (Wildman–Crippen LogP) is 1.31. The van der Waals surface area contributed by atoms with E-state index >= 15 is 0 Å². The number of nitrogens with one attached hydrogen (secondary N) is 2. The molecule has 3 N–H and O–H groups in total. The van der Waals surface area contributed by atoms with Crippen LogP contribution in [0.4, 0.5) is 0 Å². The van der Waals surface area contributed by atoms with Crippen LogP contribution in [-0.4, -0.2) is 32.2 Å². The molecule has 1 atom stereocenters. The predicted molar refractivity (Wildman–Crippen MR) is 74.7 cm³/mol. The number of amides is 1. The van der Waals surface area contributed by atoms with Gasteiger partial charge in [-0.3, -0.25) is 9.89 Å². The first-order chi connectivity index (χ1) is 10.1. The molecule has 0 aliphatic rings. The lowest BCUT2D eigenvalue weighted by Crippen LogP contribution is -2.34. The zero-order valence-corrected chi connectivity index (χ0v) is 11.5. The minimum absolute atomic E-state index is 0.0550. The normalized spacial score (nSPS) is 11.9. The van der Waals surface area contributed by atoms with Crippen molar-refractivity contribution in [2.24, 2.45) is 0 Å². The number of hydrogen-bond donors (Lipinski definition) is 3. The molecule has 1 unspecified atom stereocenters. The number of nitrogens with zero attached hydrogens (tertiary/aromatic N) is 2. The van der Waals surface area contributed by atoms with Crippen molar-refractivity contribution in [3.63, 3.8) is 0 Å². The number of carboxylic acid groups (broad SMARTS) is 1. The Kier molecular flexibility index (Phi) is 4.65. The molecule has 1 aromatic heterocycles. The maximum atomic E-state index is 12.0. The van der Waals surface area contributed by atoms with E-state index in [1.807, 2.05) is 6.92 Å². The fourth-order valence-corrected chi connectivity index (χ4v) is 1.87. The molecule has 2 aromatic rings. The fraction of sp³-hybridized carbons (Fsp3) is 0.286. The summed E-state index contributed by atoms with van der Waals surface area (Å²) in [6.45, 7) is 1.98. The number of aryl methyl sites for hydroxylation is 1. The molecule has 7 nitrogen and oxygen atoms in total. The quantitative estimate of drug-likeness (QED) is 0.742. The number of aromatic amines is 1. The van der Waals surface area contributed by atoms with E-state index in [1.54, 1.807) is 30.3 Å². The van der Waals surface area contributed by atoms with Crippen LogP contribution in [0.3, 0.4) is 0 Å². The number of hydrogen-bond acceptors (Lipinski definition) is 4. The van der Waals surface area contributed by atoms with E-state index in [1.165, 1.54) is 0 Å². The Morgan fingerprint density at radius 3 is 2.67 bits per heavy atom. The van der Waals surface area contributed by atoms with E-state index in [9.17, 15) is 14.7 Å². The summed E-state index contributed by atoms with van der Waals surface area (Å²) >= 11 is 0. The van der Waals surface area contributed by atoms with Crippen molar-refractivity contribution >= 4 is 11.9 Å². The first kappa shape index (κ1) is 14.7. The lowest BCUT2D eigenvalue weighted by Gasteiger charge is -2.13. The summed E-state index contributed by atoms with van der Waals surface area (Å²) in [5, 5.41) is 18.1. The van der Waals surface area contributed by atoms with E-state index in [0.717, 1.165) is 6.42 Å². The van der Waals surface area contributed by atoms with Gasteiger partial charge in [0, 0.05) is 6.42 Å². The van der Waals surface area contributed by atoms with Crippen molar-refractivity contribution < 1.29 is 14.7 Å². The van der Waals surface area contributed by atoms with E-state index in [4.69, 9.17) is 0 Å². The Hall–Kier alpha value is -2.70. The van der Waals surface area contributed by atoms with Gasteiger partial charge in [0.05, 0.1) is 0 Å². The number of aliphatic carboxylic acids is 1. The smallest absolute Gasteiger partial charge is 0.330 e. The first-order valence-electron chi connectivity index (χ1n) is 6.61. The Bertz CT molecular complexity index is 624. The highest BCUT2D eigenvalue weighted by Gasteiger charge is 2.24.